The number of carboxylic acid groups (broad SMARTS) is 2. The summed E-state index contributed by atoms with van der Waals surface area (Å²) in [6, 6.07) is 0.385. The van der Waals surface area contributed by atoms with Crippen molar-refractivity contribution in [1.29, 1.82) is 0 Å². The van der Waals surface area contributed by atoms with E-state index in [0.29, 0.717) is 12.5 Å². The minimum absolute atomic E-state index is 0.0712. The molecule has 5 heteroatoms. The van der Waals surface area contributed by atoms with Crippen molar-refractivity contribution in [3.8, 4) is 0 Å². The van der Waals surface area contributed by atoms with Gasteiger partial charge in [0.2, 0.25) is 0 Å². The van der Waals surface area contributed by atoms with Crippen molar-refractivity contribution in [2.24, 2.45) is 5.92 Å². The maximum atomic E-state index is 10.6. The second kappa shape index (κ2) is 7.22. The van der Waals surface area contributed by atoms with E-state index in [9.17, 15) is 9.59 Å². The lowest BCUT2D eigenvalue weighted by molar-refractivity contribution is -0.140. The molecule has 0 fully saturated rings. The quantitative estimate of drug-likeness (QED) is 0.658. The third-order valence-corrected chi connectivity index (χ3v) is 2.70. The number of hydrogen-bond donors (Lipinski definition) is 2. The summed E-state index contributed by atoms with van der Waals surface area (Å²) in [5.74, 6) is -2.15. The Bertz CT molecular complexity index is 224. The van der Waals surface area contributed by atoms with E-state index in [1.807, 2.05) is 20.9 Å². The van der Waals surface area contributed by atoms with Gasteiger partial charge in [-0.05, 0) is 39.8 Å². The Kier molecular flexibility index (Phi) is 6.72. The van der Waals surface area contributed by atoms with Crippen molar-refractivity contribution in [2.45, 2.75) is 39.2 Å². The Hall–Kier alpha value is -1.10. The van der Waals surface area contributed by atoms with Crippen LogP contribution in [0.1, 0.15) is 33.1 Å². The predicted octanol–water partition coefficient (Wildman–Crippen LogP) is 1.28. The van der Waals surface area contributed by atoms with Gasteiger partial charge in [-0.1, -0.05) is 0 Å². The summed E-state index contributed by atoms with van der Waals surface area (Å²) in [6.45, 7) is 4.82. The van der Waals surface area contributed by atoms with Gasteiger partial charge in [-0.25, -0.2) is 0 Å². The van der Waals surface area contributed by atoms with Crippen LogP contribution in [0.5, 0.6) is 0 Å². The lowest BCUT2D eigenvalue weighted by Gasteiger charge is -2.23. The lowest BCUT2D eigenvalue weighted by Crippen LogP contribution is -2.29. The normalized spacial score (nSPS) is 11.4. The molecule has 0 rings (SSSR count). The van der Waals surface area contributed by atoms with Crippen LogP contribution in [-0.2, 0) is 9.59 Å². The van der Waals surface area contributed by atoms with E-state index in [0.717, 1.165) is 6.54 Å². The molecule has 0 aliphatic carbocycles. The van der Waals surface area contributed by atoms with Gasteiger partial charge in [-0.15, -0.1) is 0 Å². The summed E-state index contributed by atoms with van der Waals surface area (Å²) >= 11 is 0. The third kappa shape index (κ3) is 7.23. The summed E-state index contributed by atoms with van der Waals surface area (Å²) < 4.78 is 0. The molecular weight excluding hydrogens is 210 g/mol. The van der Waals surface area contributed by atoms with Gasteiger partial charge < -0.3 is 15.1 Å². The molecule has 0 unspecified atom stereocenters. The molecule has 16 heavy (non-hydrogen) atoms. The molecule has 0 aromatic heterocycles. The number of carboxylic acids is 2. The van der Waals surface area contributed by atoms with Crippen LogP contribution in [0.4, 0.5) is 0 Å². The minimum Gasteiger partial charge on any atom is -0.481 e. The van der Waals surface area contributed by atoms with Gasteiger partial charge in [0.1, 0.15) is 0 Å². The summed E-state index contributed by atoms with van der Waals surface area (Å²) in [4.78, 5) is 23.2. The average molecular weight is 231 g/mol. The van der Waals surface area contributed by atoms with Crippen LogP contribution in [0.25, 0.3) is 0 Å². The van der Waals surface area contributed by atoms with Crippen LogP contribution >= 0.6 is 0 Å². The number of aliphatic carboxylic acids is 2. The first-order valence-electron chi connectivity index (χ1n) is 5.46. The predicted molar refractivity (Wildman–Crippen MR) is 60.4 cm³/mol. The van der Waals surface area contributed by atoms with Crippen molar-refractivity contribution in [2.75, 3.05) is 13.6 Å². The molecular formula is C11H21NO4. The molecule has 0 spiro atoms. The second-order valence-corrected chi connectivity index (χ2v) is 4.42. The molecule has 0 bridgehead atoms. The van der Waals surface area contributed by atoms with Gasteiger partial charge in [0.05, 0.1) is 0 Å². The lowest BCUT2D eigenvalue weighted by atomic mass is 9.97. The fourth-order valence-corrected chi connectivity index (χ4v) is 1.41. The molecule has 0 aromatic rings. The zero-order valence-corrected chi connectivity index (χ0v) is 10.1. The van der Waals surface area contributed by atoms with E-state index in [1.54, 1.807) is 0 Å². The maximum absolute atomic E-state index is 10.6. The second-order valence-electron chi connectivity index (χ2n) is 4.42. The topological polar surface area (TPSA) is 77.8 Å². The standard InChI is InChI=1S/C11H21NO4/c1-8(2)12(3)5-4-9(6-10(13)14)7-11(15)16/h8-9H,4-7H2,1-3H3,(H,13,14)(H,15,16). The van der Waals surface area contributed by atoms with Crippen LogP contribution in [0, 0.1) is 5.92 Å². The van der Waals surface area contributed by atoms with Crippen molar-refractivity contribution >= 4 is 11.9 Å². The van der Waals surface area contributed by atoms with Gasteiger partial charge in [0.15, 0.2) is 0 Å². The zero-order valence-electron chi connectivity index (χ0n) is 10.1. The first-order chi connectivity index (χ1) is 7.32. The number of hydrogen-bond acceptors (Lipinski definition) is 3. The van der Waals surface area contributed by atoms with Crippen molar-refractivity contribution < 1.29 is 19.8 Å². The molecule has 0 aliphatic heterocycles. The highest BCUT2D eigenvalue weighted by Crippen LogP contribution is 2.14. The number of rotatable bonds is 8. The first-order valence-corrected chi connectivity index (χ1v) is 5.46. The van der Waals surface area contributed by atoms with E-state index < -0.39 is 11.9 Å². The Morgan fingerprint density at radius 3 is 1.88 bits per heavy atom. The van der Waals surface area contributed by atoms with Crippen LogP contribution in [0.2, 0.25) is 0 Å². The largest absolute Gasteiger partial charge is 0.481 e. The highest BCUT2D eigenvalue weighted by Gasteiger charge is 2.17. The monoisotopic (exact) mass is 231 g/mol. The van der Waals surface area contributed by atoms with Crippen molar-refractivity contribution in [1.82, 2.24) is 4.90 Å². The fraction of sp³-hybridized carbons (Fsp3) is 0.818. The van der Waals surface area contributed by atoms with E-state index >= 15 is 0 Å². The molecule has 0 radical (unpaired) electrons. The number of carbonyl (C=O) groups is 2. The smallest absolute Gasteiger partial charge is 0.303 e. The van der Waals surface area contributed by atoms with Crippen molar-refractivity contribution in [3.63, 3.8) is 0 Å². The van der Waals surface area contributed by atoms with Crippen LogP contribution in [0.3, 0.4) is 0 Å². The van der Waals surface area contributed by atoms with Crippen LogP contribution < -0.4 is 0 Å². The maximum Gasteiger partial charge on any atom is 0.303 e. The molecule has 0 saturated carbocycles. The Labute approximate surface area is 96.1 Å². The Morgan fingerprint density at radius 2 is 1.56 bits per heavy atom. The molecule has 0 aromatic carbocycles. The summed E-state index contributed by atoms with van der Waals surface area (Å²) in [6.07, 6.45) is 0.462. The Morgan fingerprint density at radius 1 is 1.12 bits per heavy atom. The molecule has 0 saturated heterocycles. The molecule has 5 nitrogen and oxygen atoms in total. The molecule has 0 atom stereocenters. The van der Waals surface area contributed by atoms with Crippen LogP contribution in [0.15, 0.2) is 0 Å². The Balaban J connectivity index is 4.10. The molecule has 0 amide bonds. The number of nitrogens with zero attached hydrogens (tertiary/aromatic N) is 1. The molecule has 94 valence electrons. The van der Waals surface area contributed by atoms with Gasteiger partial charge in [0, 0.05) is 18.9 Å². The van der Waals surface area contributed by atoms with E-state index in [2.05, 4.69) is 4.90 Å². The fourth-order valence-electron chi connectivity index (χ4n) is 1.41. The molecule has 0 heterocycles. The molecule has 0 aliphatic rings. The van der Waals surface area contributed by atoms with Crippen molar-refractivity contribution in [3.05, 3.63) is 0 Å². The zero-order chi connectivity index (χ0) is 12.7. The van der Waals surface area contributed by atoms with Gasteiger partial charge in [-0.3, -0.25) is 9.59 Å². The van der Waals surface area contributed by atoms with Crippen LogP contribution in [-0.4, -0.2) is 46.7 Å². The highest BCUT2D eigenvalue weighted by atomic mass is 16.4. The van der Waals surface area contributed by atoms with E-state index in [4.69, 9.17) is 10.2 Å². The molecule has 2 N–H and O–H groups in total. The van der Waals surface area contributed by atoms with E-state index in [1.165, 1.54) is 0 Å². The average Bonchev–Trinajstić information content (AvgIpc) is 2.11. The summed E-state index contributed by atoms with van der Waals surface area (Å²) in [5.41, 5.74) is 0. The third-order valence-electron chi connectivity index (χ3n) is 2.70. The van der Waals surface area contributed by atoms with Gasteiger partial charge in [-0.2, -0.15) is 0 Å². The van der Waals surface area contributed by atoms with Gasteiger partial charge >= 0.3 is 11.9 Å². The SMILES string of the molecule is CC(C)N(C)CCC(CC(=O)O)CC(=O)O. The first kappa shape index (κ1) is 14.9. The highest BCUT2D eigenvalue weighted by molar-refractivity contribution is 5.70. The van der Waals surface area contributed by atoms with Gasteiger partial charge in [0.25, 0.3) is 0 Å². The summed E-state index contributed by atoms with van der Waals surface area (Å²) in [7, 11) is 1.95. The summed E-state index contributed by atoms with van der Waals surface area (Å²) in [5, 5.41) is 17.3. The minimum atomic E-state index is -0.932. The van der Waals surface area contributed by atoms with E-state index in [-0.39, 0.29) is 18.8 Å².